The summed E-state index contributed by atoms with van der Waals surface area (Å²) in [7, 11) is 0. The van der Waals surface area contributed by atoms with Gasteiger partial charge in [-0.2, -0.15) is 18.4 Å². The number of halogens is 3. The fourth-order valence-corrected chi connectivity index (χ4v) is 4.79. The summed E-state index contributed by atoms with van der Waals surface area (Å²) >= 11 is 0. The number of nitrogens with zero attached hydrogens (tertiary/aromatic N) is 3. The summed E-state index contributed by atoms with van der Waals surface area (Å²) in [6, 6.07) is 0.358. The Hall–Kier alpha value is -3.61. The van der Waals surface area contributed by atoms with Gasteiger partial charge in [0.2, 0.25) is 0 Å². The van der Waals surface area contributed by atoms with E-state index in [-0.39, 0.29) is 42.7 Å². The molecular weight excluding hydrogens is 439 g/mol. The highest BCUT2D eigenvalue weighted by Crippen LogP contribution is 2.43. The van der Waals surface area contributed by atoms with Crippen LogP contribution in [0.1, 0.15) is 32.1 Å². The molecule has 0 aromatic heterocycles. The van der Waals surface area contributed by atoms with Crippen molar-refractivity contribution in [3.8, 4) is 6.07 Å². The maximum Gasteiger partial charge on any atom is 0.412 e. The Labute approximate surface area is 187 Å². The Morgan fingerprint density at radius 3 is 2.58 bits per heavy atom. The highest BCUT2D eigenvalue weighted by molar-refractivity contribution is 6.03. The van der Waals surface area contributed by atoms with E-state index in [2.05, 4.69) is 0 Å². The predicted molar refractivity (Wildman–Crippen MR) is 109 cm³/mol. The van der Waals surface area contributed by atoms with Gasteiger partial charge in [-0.3, -0.25) is 14.5 Å². The number of carbonyl (C=O) groups excluding carboxylic acids is 2. The minimum atomic E-state index is -4.55. The molecule has 2 amide bonds. The van der Waals surface area contributed by atoms with E-state index in [1.54, 1.807) is 18.2 Å². The van der Waals surface area contributed by atoms with E-state index in [0.717, 1.165) is 15.9 Å². The molecule has 0 aromatic carbocycles. The number of aliphatic carboxylic acids is 1. The van der Waals surface area contributed by atoms with Crippen molar-refractivity contribution in [2.24, 2.45) is 5.92 Å². The molecule has 0 saturated heterocycles. The number of allylic oxidation sites excluding steroid dienone is 7. The predicted octanol–water partition coefficient (Wildman–Crippen LogP) is 3.99. The minimum Gasteiger partial charge on any atom is -0.480 e. The molecule has 3 aliphatic carbocycles. The number of carboxylic acids is 1. The van der Waals surface area contributed by atoms with Gasteiger partial charge in [0.1, 0.15) is 6.54 Å². The molecule has 0 fully saturated rings. The second-order valence-corrected chi connectivity index (χ2v) is 8.23. The van der Waals surface area contributed by atoms with Gasteiger partial charge >= 0.3 is 18.2 Å². The number of hydrogen-bond acceptors (Lipinski definition) is 4. The molecule has 0 bridgehead atoms. The van der Waals surface area contributed by atoms with Crippen LogP contribution >= 0.6 is 0 Å². The van der Waals surface area contributed by atoms with Crippen molar-refractivity contribution in [2.45, 2.75) is 44.3 Å². The fraction of sp³-hybridized carbons (Fsp3) is 0.391. The zero-order valence-corrected chi connectivity index (χ0v) is 17.4. The van der Waals surface area contributed by atoms with E-state index in [0.29, 0.717) is 17.7 Å². The molecule has 1 N–H and O–H groups in total. The quantitative estimate of drug-likeness (QED) is 0.685. The summed E-state index contributed by atoms with van der Waals surface area (Å²) in [5.74, 6) is -2.01. The van der Waals surface area contributed by atoms with Gasteiger partial charge in [-0.05, 0) is 37.8 Å². The molecule has 0 saturated carbocycles. The highest BCUT2D eigenvalue weighted by Gasteiger charge is 2.48. The summed E-state index contributed by atoms with van der Waals surface area (Å²) in [6.07, 6.45) is 3.17. The topological polar surface area (TPSA) is 102 Å². The third-order valence-corrected chi connectivity index (χ3v) is 6.22. The first-order chi connectivity index (χ1) is 15.6. The molecule has 2 atom stereocenters. The second-order valence-electron chi connectivity index (χ2n) is 8.23. The van der Waals surface area contributed by atoms with Gasteiger partial charge in [0.25, 0.3) is 0 Å². The average molecular weight is 459 g/mol. The summed E-state index contributed by atoms with van der Waals surface area (Å²) in [5.41, 5.74) is 0.221. The van der Waals surface area contributed by atoms with Crippen molar-refractivity contribution in [3.05, 3.63) is 58.5 Å². The van der Waals surface area contributed by atoms with E-state index in [1.807, 2.05) is 6.07 Å². The van der Waals surface area contributed by atoms with Crippen LogP contribution in [0.5, 0.6) is 0 Å². The lowest BCUT2D eigenvalue weighted by molar-refractivity contribution is -0.138. The molecule has 1 heterocycles. The molecule has 7 nitrogen and oxygen atoms in total. The largest absolute Gasteiger partial charge is 0.480 e. The number of rotatable bonds is 4. The Morgan fingerprint density at radius 1 is 1.21 bits per heavy atom. The lowest BCUT2D eigenvalue weighted by Gasteiger charge is -2.44. The van der Waals surface area contributed by atoms with Gasteiger partial charge in [0.15, 0.2) is 5.78 Å². The number of carboxylic acid groups (broad SMARTS) is 1. The minimum absolute atomic E-state index is 0.000428. The molecule has 0 spiro atoms. The van der Waals surface area contributed by atoms with Gasteiger partial charge < -0.3 is 10.0 Å². The fourth-order valence-electron chi connectivity index (χ4n) is 4.79. The average Bonchev–Trinajstić information content (AvgIpc) is 3.14. The summed E-state index contributed by atoms with van der Waals surface area (Å²) in [6.45, 7) is -0.716. The Balaban J connectivity index is 1.82. The van der Waals surface area contributed by atoms with E-state index < -0.39 is 42.3 Å². The number of nitriles is 1. The van der Waals surface area contributed by atoms with Crippen molar-refractivity contribution in [3.63, 3.8) is 0 Å². The van der Waals surface area contributed by atoms with Crippen molar-refractivity contribution in [1.82, 2.24) is 9.80 Å². The van der Waals surface area contributed by atoms with Gasteiger partial charge in [0, 0.05) is 40.5 Å². The second kappa shape index (κ2) is 8.39. The first-order valence-corrected chi connectivity index (χ1v) is 10.5. The number of alkyl halides is 3. The highest BCUT2D eigenvalue weighted by atomic mass is 19.4. The van der Waals surface area contributed by atoms with Gasteiger partial charge in [-0.1, -0.05) is 18.2 Å². The zero-order chi connectivity index (χ0) is 23.9. The first kappa shape index (κ1) is 22.6. The third kappa shape index (κ3) is 4.11. The van der Waals surface area contributed by atoms with Crippen LogP contribution in [0.4, 0.5) is 18.0 Å². The number of urea groups is 1. The van der Waals surface area contributed by atoms with Crippen LogP contribution in [0, 0.1) is 17.2 Å². The Bertz CT molecular complexity index is 1120. The molecule has 0 aromatic rings. The number of carbonyl (C=O) groups is 3. The summed E-state index contributed by atoms with van der Waals surface area (Å²) in [4.78, 5) is 40.2. The molecule has 2 unspecified atom stereocenters. The van der Waals surface area contributed by atoms with Crippen molar-refractivity contribution in [1.29, 1.82) is 5.26 Å². The molecule has 4 rings (SSSR count). The van der Waals surface area contributed by atoms with Gasteiger partial charge in [-0.25, -0.2) is 4.79 Å². The number of Topliss-reactive ketones (excluding diaryl/α,β-unsaturated/α-hetero) is 1. The lowest BCUT2D eigenvalue weighted by Crippen LogP contribution is -2.57. The standard InChI is InChI=1S/C23H20F3N3O4/c24-23(25,26)15-2-1-3-16(10-15)29-17-8-9-18(30)20(17)21(28(22(29)33)12-19(31)32)14-6-4-13(11-27)5-7-14/h3-6,10,14,21H,1-2,7-9,12H2,(H,31,32). The van der Waals surface area contributed by atoms with Crippen LogP contribution in [-0.4, -0.2) is 51.5 Å². The van der Waals surface area contributed by atoms with E-state index >= 15 is 0 Å². The van der Waals surface area contributed by atoms with Crippen LogP contribution in [0.25, 0.3) is 0 Å². The molecule has 4 aliphatic rings. The number of hydrogen-bond donors (Lipinski definition) is 1. The van der Waals surface area contributed by atoms with Crippen LogP contribution in [0.15, 0.2) is 58.5 Å². The van der Waals surface area contributed by atoms with Crippen LogP contribution < -0.4 is 0 Å². The molecular formula is C23H20F3N3O4. The maximum absolute atomic E-state index is 13.5. The van der Waals surface area contributed by atoms with Crippen molar-refractivity contribution in [2.75, 3.05) is 6.54 Å². The zero-order valence-electron chi connectivity index (χ0n) is 17.4. The van der Waals surface area contributed by atoms with Crippen molar-refractivity contribution < 1.29 is 32.7 Å². The Morgan fingerprint density at radius 2 is 1.97 bits per heavy atom. The number of amides is 2. The molecule has 172 valence electrons. The van der Waals surface area contributed by atoms with Crippen LogP contribution in [0.2, 0.25) is 0 Å². The van der Waals surface area contributed by atoms with E-state index in [1.165, 1.54) is 6.08 Å². The monoisotopic (exact) mass is 459 g/mol. The molecule has 33 heavy (non-hydrogen) atoms. The molecule has 0 radical (unpaired) electrons. The van der Waals surface area contributed by atoms with E-state index in [9.17, 15) is 32.7 Å². The third-order valence-electron chi connectivity index (χ3n) is 6.22. The summed E-state index contributed by atoms with van der Waals surface area (Å²) in [5, 5.41) is 18.5. The molecule has 10 heteroatoms. The lowest BCUT2D eigenvalue weighted by atomic mass is 9.83. The van der Waals surface area contributed by atoms with Crippen LogP contribution in [0.3, 0.4) is 0 Å². The Kier molecular flexibility index (Phi) is 5.74. The SMILES string of the molecule is N#CC1=CCC(C2C3=C(CCC3=O)N(C3=CCCC(C(F)(F)F)=C3)C(=O)N2CC(=O)O)C=C1. The smallest absolute Gasteiger partial charge is 0.412 e. The van der Waals surface area contributed by atoms with Gasteiger partial charge in [0.05, 0.1) is 12.1 Å². The van der Waals surface area contributed by atoms with Gasteiger partial charge in [-0.15, -0.1) is 0 Å². The normalized spacial score (nSPS) is 25.5. The van der Waals surface area contributed by atoms with Crippen molar-refractivity contribution >= 4 is 17.8 Å². The van der Waals surface area contributed by atoms with Crippen LogP contribution in [-0.2, 0) is 9.59 Å². The maximum atomic E-state index is 13.5. The van der Waals surface area contributed by atoms with E-state index in [4.69, 9.17) is 5.26 Å². The summed E-state index contributed by atoms with van der Waals surface area (Å²) < 4.78 is 40.0. The number of ketones is 1. The first-order valence-electron chi connectivity index (χ1n) is 10.5. The molecule has 1 aliphatic heterocycles.